The van der Waals surface area contributed by atoms with Crippen LogP contribution in [0.5, 0.6) is 0 Å². The van der Waals surface area contributed by atoms with E-state index in [4.69, 9.17) is 0 Å². The van der Waals surface area contributed by atoms with E-state index in [1.807, 2.05) is 32.9 Å². The number of rotatable bonds is 4. The third-order valence-electron chi connectivity index (χ3n) is 5.70. The fourth-order valence-electron chi connectivity index (χ4n) is 4.02. The van der Waals surface area contributed by atoms with Crippen molar-refractivity contribution >= 4 is 22.6 Å². The van der Waals surface area contributed by atoms with Crippen molar-refractivity contribution < 1.29 is 18.0 Å². The molecule has 1 atom stereocenters. The van der Waals surface area contributed by atoms with Crippen LogP contribution in [0, 0.1) is 34.6 Å². The molecule has 0 radical (unpaired) electrons. The molecule has 1 N–H and O–H groups in total. The Hall–Kier alpha value is -3.16. The fourth-order valence-corrected chi connectivity index (χ4v) is 4.02. The van der Waals surface area contributed by atoms with Crippen molar-refractivity contribution in [1.82, 2.24) is 9.55 Å². The molecule has 0 bridgehead atoms. The van der Waals surface area contributed by atoms with Crippen molar-refractivity contribution in [2.75, 3.05) is 5.32 Å². The number of alkyl halides is 3. The molecule has 5 nitrogen and oxygen atoms in total. The Morgan fingerprint density at radius 1 is 1.00 bits per heavy atom. The maximum Gasteiger partial charge on any atom is 0.438 e. The van der Waals surface area contributed by atoms with Crippen LogP contribution in [0.15, 0.2) is 29.1 Å². The van der Waals surface area contributed by atoms with Gasteiger partial charge in [0.05, 0.1) is 11.0 Å². The van der Waals surface area contributed by atoms with Gasteiger partial charge in [-0.05, 0) is 75.4 Å². The molecule has 0 saturated carbocycles. The number of anilines is 1. The van der Waals surface area contributed by atoms with Crippen LogP contribution in [-0.2, 0) is 11.0 Å². The molecule has 0 aliphatic rings. The van der Waals surface area contributed by atoms with E-state index in [-0.39, 0.29) is 17.5 Å². The molecule has 8 heteroatoms. The number of nitrogens with one attached hydrogen (secondary N) is 1. The van der Waals surface area contributed by atoms with Crippen LogP contribution in [0.2, 0.25) is 0 Å². The smallest absolute Gasteiger partial charge is 0.324 e. The van der Waals surface area contributed by atoms with Gasteiger partial charge in [0.2, 0.25) is 11.6 Å². The number of aromatic nitrogens is 2. The summed E-state index contributed by atoms with van der Waals surface area (Å²) >= 11 is 0. The first kappa shape index (κ1) is 23.5. The number of carbonyl (C=O) groups excluding carboxylic acids is 1. The summed E-state index contributed by atoms with van der Waals surface area (Å²) in [6.45, 7) is 10.8. The van der Waals surface area contributed by atoms with Crippen molar-refractivity contribution in [1.29, 1.82) is 0 Å². The normalized spacial score (nSPS) is 12.8. The number of hydrogen-bond donors (Lipinski definition) is 1. The Kier molecular flexibility index (Phi) is 6.18. The van der Waals surface area contributed by atoms with Crippen molar-refractivity contribution in [3.05, 3.63) is 68.1 Å². The monoisotopic (exact) mass is 445 g/mol. The summed E-state index contributed by atoms with van der Waals surface area (Å²) in [6, 6.07) is 5.79. The van der Waals surface area contributed by atoms with Crippen molar-refractivity contribution in [2.24, 2.45) is 0 Å². The van der Waals surface area contributed by atoms with Crippen LogP contribution in [0.3, 0.4) is 0 Å². The van der Waals surface area contributed by atoms with Crippen molar-refractivity contribution in [3.63, 3.8) is 0 Å². The van der Waals surface area contributed by atoms with E-state index in [1.165, 1.54) is 6.07 Å². The van der Waals surface area contributed by atoms with Gasteiger partial charge < -0.3 is 5.32 Å². The first-order chi connectivity index (χ1) is 14.8. The molecule has 32 heavy (non-hydrogen) atoms. The summed E-state index contributed by atoms with van der Waals surface area (Å²) in [4.78, 5) is 29.8. The summed E-state index contributed by atoms with van der Waals surface area (Å²) in [7, 11) is 0. The van der Waals surface area contributed by atoms with E-state index < -0.39 is 29.4 Å². The molecular formula is C24H26F3N3O2. The zero-order valence-corrected chi connectivity index (χ0v) is 18.9. The van der Waals surface area contributed by atoms with Crippen LogP contribution >= 0.6 is 0 Å². The molecule has 0 saturated heterocycles. The van der Waals surface area contributed by atoms with Crippen LogP contribution in [-0.4, -0.2) is 15.5 Å². The van der Waals surface area contributed by atoms with E-state index >= 15 is 0 Å². The van der Waals surface area contributed by atoms with Gasteiger partial charge in [-0.1, -0.05) is 24.6 Å². The first-order valence-electron chi connectivity index (χ1n) is 10.3. The predicted molar refractivity (Wildman–Crippen MR) is 119 cm³/mol. The zero-order chi connectivity index (χ0) is 24.0. The number of carbonyl (C=O) groups is 1. The molecule has 0 aliphatic heterocycles. The minimum atomic E-state index is -4.94. The highest BCUT2D eigenvalue weighted by atomic mass is 19.4. The lowest BCUT2D eigenvalue weighted by atomic mass is 10.0. The third-order valence-corrected chi connectivity index (χ3v) is 5.70. The average molecular weight is 445 g/mol. The minimum absolute atomic E-state index is 0.0222. The van der Waals surface area contributed by atoms with Crippen LogP contribution in [0.25, 0.3) is 11.0 Å². The molecule has 1 aromatic heterocycles. The second-order valence-electron chi connectivity index (χ2n) is 8.25. The molecule has 1 heterocycles. The Morgan fingerprint density at radius 2 is 1.56 bits per heavy atom. The maximum atomic E-state index is 13.6. The average Bonchev–Trinajstić information content (AvgIpc) is 2.67. The van der Waals surface area contributed by atoms with E-state index in [0.717, 1.165) is 32.4 Å². The van der Waals surface area contributed by atoms with E-state index in [9.17, 15) is 22.8 Å². The molecule has 0 aliphatic carbocycles. The summed E-state index contributed by atoms with van der Waals surface area (Å²) in [5, 5.41) is 2.83. The topological polar surface area (TPSA) is 64.0 Å². The molecule has 1 amide bonds. The van der Waals surface area contributed by atoms with Crippen molar-refractivity contribution in [3.8, 4) is 0 Å². The standard InChI is InChI=1S/C24H26F3N3O2/c1-7-18(22(31)29-20-15(5)8-12(2)9-16(20)6)30-19-11-14(4)13(3)10-17(19)28-21(23(30)32)24(25,26)27/h8-11,18H,7H2,1-6H3,(H,29,31)/t18-/m1/s1. The Balaban J connectivity index is 2.23. The number of benzene rings is 2. The lowest BCUT2D eigenvalue weighted by molar-refractivity contribution is -0.142. The Bertz CT molecular complexity index is 1250. The number of nitrogens with zero attached hydrogens (tertiary/aromatic N) is 2. The zero-order valence-electron chi connectivity index (χ0n) is 18.9. The lowest BCUT2D eigenvalue weighted by Gasteiger charge is -2.23. The highest BCUT2D eigenvalue weighted by Crippen LogP contribution is 2.30. The number of aryl methyl sites for hydroxylation is 5. The number of amides is 1. The Labute approximate surface area is 184 Å². The highest BCUT2D eigenvalue weighted by Gasteiger charge is 2.39. The number of hydrogen-bond acceptors (Lipinski definition) is 3. The second kappa shape index (κ2) is 8.41. The summed E-state index contributed by atoms with van der Waals surface area (Å²) in [5.74, 6) is -0.552. The third kappa shape index (κ3) is 4.26. The molecule has 0 unspecified atom stereocenters. The van der Waals surface area contributed by atoms with E-state index in [2.05, 4.69) is 10.3 Å². The molecular weight excluding hydrogens is 419 g/mol. The molecule has 3 rings (SSSR count). The highest BCUT2D eigenvalue weighted by molar-refractivity contribution is 5.96. The van der Waals surface area contributed by atoms with Gasteiger partial charge in [0.15, 0.2) is 0 Å². The quantitative estimate of drug-likeness (QED) is 0.573. The van der Waals surface area contributed by atoms with Crippen molar-refractivity contribution in [2.45, 2.75) is 60.2 Å². The van der Waals surface area contributed by atoms with Gasteiger partial charge in [0.1, 0.15) is 6.04 Å². The van der Waals surface area contributed by atoms with Gasteiger partial charge in [-0.2, -0.15) is 13.2 Å². The van der Waals surface area contributed by atoms with Gasteiger partial charge in [0.25, 0.3) is 5.56 Å². The van der Waals surface area contributed by atoms with Gasteiger partial charge in [-0.25, -0.2) is 4.98 Å². The van der Waals surface area contributed by atoms with Gasteiger partial charge >= 0.3 is 6.18 Å². The summed E-state index contributed by atoms with van der Waals surface area (Å²) < 4.78 is 41.8. The first-order valence-corrected chi connectivity index (χ1v) is 10.3. The minimum Gasteiger partial charge on any atom is -0.324 e. The van der Waals surface area contributed by atoms with E-state index in [0.29, 0.717) is 5.69 Å². The Morgan fingerprint density at radius 3 is 2.09 bits per heavy atom. The molecule has 2 aromatic carbocycles. The molecule has 3 aromatic rings. The van der Waals surface area contributed by atoms with Crippen LogP contribution in [0.4, 0.5) is 18.9 Å². The summed E-state index contributed by atoms with van der Waals surface area (Å²) in [5.41, 5.74) is 2.18. The summed E-state index contributed by atoms with van der Waals surface area (Å²) in [6.07, 6.45) is -4.82. The van der Waals surface area contributed by atoms with Gasteiger partial charge in [0, 0.05) is 5.69 Å². The van der Waals surface area contributed by atoms with Gasteiger partial charge in [-0.3, -0.25) is 14.2 Å². The number of halogens is 3. The number of fused-ring (bicyclic) bond motifs is 1. The van der Waals surface area contributed by atoms with Crippen LogP contribution in [0.1, 0.15) is 52.9 Å². The predicted octanol–water partition coefficient (Wildman–Crippen LogP) is 5.55. The SMILES string of the molecule is CC[C@H](C(=O)Nc1c(C)cc(C)cc1C)n1c(=O)c(C(F)(F)F)nc2cc(C)c(C)cc21. The molecule has 0 spiro atoms. The fraction of sp³-hybridized carbons (Fsp3) is 0.375. The second-order valence-corrected chi connectivity index (χ2v) is 8.25. The van der Waals surface area contributed by atoms with Gasteiger partial charge in [-0.15, -0.1) is 0 Å². The van der Waals surface area contributed by atoms with E-state index in [1.54, 1.807) is 26.8 Å². The lowest BCUT2D eigenvalue weighted by Crippen LogP contribution is -2.37. The molecule has 170 valence electrons. The molecule has 0 fully saturated rings. The largest absolute Gasteiger partial charge is 0.438 e. The maximum absolute atomic E-state index is 13.6. The van der Waals surface area contributed by atoms with Crippen LogP contribution < -0.4 is 10.9 Å².